The first-order valence-corrected chi connectivity index (χ1v) is 8.23. The van der Waals surface area contributed by atoms with Crippen molar-refractivity contribution in [3.63, 3.8) is 0 Å². The Morgan fingerprint density at radius 3 is 3.06 bits per heavy atom. The van der Waals surface area contributed by atoms with Crippen molar-refractivity contribution in [3.05, 3.63) is 0 Å². The zero-order valence-electron chi connectivity index (χ0n) is 11.9. The first-order valence-electron chi connectivity index (χ1n) is 6.84. The molecule has 5 heteroatoms. The van der Waals surface area contributed by atoms with Gasteiger partial charge in [0.25, 0.3) is 0 Å². The SMILES string of the molecule is CCOCC1CCN(C(=NC)NCCCSC)C1. The molecule has 106 valence electrons. The zero-order valence-corrected chi connectivity index (χ0v) is 12.8. The van der Waals surface area contributed by atoms with Gasteiger partial charge in [-0.25, -0.2) is 0 Å². The van der Waals surface area contributed by atoms with E-state index < -0.39 is 0 Å². The number of rotatable bonds is 7. The largest absolute Gasteiger partial charge is 0.381 e. The summed E-state index contributed by atoms with van der Waals surface area (Å²) in [6, 6.07) is 0. The minimum Gasteiger partial charge on any atom is -0.381 e. The number of nitrogens with zero attached hydrogens (tertiary/aromatic N) is 2. The fraction of sp³-hybridized carbons (Fsp3) is 0.923. The van der Waals surface area contributed by atoms with Crippen LogP contribution in [0.4, 0.5) is 0 Å². The second-order valence-electron chi connectivity index (χ2n) is 4.58. The molecule has 0 amide bonds. The van der Waals surface area contributed by atoms with Crippen LogP contribution in [-0.4, -0.2) is 62.8 Å². The van der Waals surface area contributed by atoms with Crippen LogP contribution in [0.3, 0.4) is 0 Å². The van der Waals surface area contributed by atoms with E-state index in [0.29, 0.717) is 5.92 Å². The Bertz CT molecular complexity index is 248. The predicted octanol–water partition coefficient (Wildman–Crippen LogP) is 1.67. The highest BCUT2D eigenvalue weighted by molar-refractivity contribution is 7.98. The van der Waals surface area contributed by atoms with Crippen LogP contribution in [0.25, 0.3) is 0 Å². The summed E-state index contributed by atoms with van der Waals surface area (Å²) in [7, 11) is 1.87. The second kappa shape index (κ2) is 9.50. The van der Waals surface area contributed by atoms with Crippen LogP contribution in [0, 0.1) is 5.92 Å². The number of nitrogens with one attached hydrogen (secondary N) is 1. The topological polar surface area (TPSA) is 36.9 Å². The van der Waals surface area contributed by atoms with Gasteiger partial charge in [0.1, 0.15) is 0 Å². The van der Waals surface area contributed by atoms with E-state index in [9.17, 15) is 0 Å². The lowest BCUT2D eigenvalue weighted by Gasteiger charge is -2.21. The third-order valence-corrected chi connectivity index (χ3v) is 3.86. The number of likely N-dealkylation sites (tertiary alicyclic amines) is 1. The molecule has 0 bridgehead atoms. The van der Waals surface area contributed by atoms with E-state index >= 15 is 0 Å². The van der Waals surface area contributed by atoms with Crippen molar-refractivity contribution in [2.45, 2.75) is 19.8 Å². The summed E-state index contributed by atoms with van der Waals surface area (Å²) in [6.07, 6.45) is 4.55. The molecule has 1 saturated heterocycles. The lowest BCUT2D eigenvalue weighted by Crippen LogP contribution is -2.40. The summed E-state index contributed by atoms with van der Waals surface area (Å²) in [6.45, 7) is 6.94. The monoisotopic (exact) mass is 273 g/mol. The quantitative estimate of drug-likeness (QED) is 0.435. The Morgan fingerprint density at radius 1 is 1.56 bits per heavy atom. The Balaban J connectivity index is 2.25. The van der Waals surface area contributed by atoms with Crippen molar-refractivity contribution in [1.82, 2.24) is 10.2 Å². The average molecular weight is 273 g/mol. The summed E-state index contributed by atoms with van der Waals surface area (Å²) in [5.41, 5.74) is 0. The van der Waals surface area contributed by atoms with Crippen LogP contribution >= 0.6 is 11.8 Å². The van der Waals surface area contributed by atoms with Crippen molar-refractivity contribution in [2.75, 3.05) is 51.9 Å². The van der Waals surface area contributed by atoms with E-state index in [-0.39, 0.29) is 0 Å². The molecule has 1 aliphatic heterocycles. The Hall–Kier alpha value is -0.420. The fourth-order valence-corrected chi connectivity index (χ4v) is 2.63. The van der Waals surface area contributed by atoms with Crippen molar-refractivity contribution in [2.24, 2.45) is 10.9 Å². The average Bonchev–Trinajstić information content (AvgIpc) is 2.85. The molecule has 18 heavy (non-hydrogen) atoms. The maximum Gasteiger partial charge on any atom is 0.193 e. The highest BCUT2D eigenvalue weighted by Crippen LogP contribution is 2.16. The van der Waals surface area contributed by atoms with Gasteiger partial charge in [0.15, 0.2) is 5.96 Å². The maximum absolute atomic E-state index is 5.50. The van der Waals surface area contributed by atoms with Crippen LogP contribution in [-0.2, 0) is 4.74 Å². The van der Waals surface area contributed by atoms with Gasteiger partial charge < -0.3 is 15.0 Å². The fourth-order valence-electron chi connectivity index (χ4n) is 2.19. The Kier molecular flexibility index (Phi) is 8.25. The number of guanidine groups is 1. The first-order chi connectivity index (χ1) is 8.81. The standard InChI is InChI=1S/C13H27N3OS/c1-4-17-11-12-6-8-16(10-12)13(14-2)15-7-5-9-18-3/h12H,4-11H2,1-3H3,(H,14,15). The maximum atomic E-state index is 5.50. The molecule has 1 unspecified atom stereocenters. The molecule has 0 radical (unpaired) electrons. The minimum absolute atomic E-state index is 0.662. The van der Waals surface area contributed by atoms with Gasteiger partial charge >= 0.3 is 0 Å². The van der Waals surface area contributed by atoms with E-state index in [1.807, 2.05) is 18.8 Å². The van der Waals surface area contributed by atoms with E-state index in [2.05, 4.69) is 28.4 Å². The molecular weight excluding hydrogens is 246 g/mol. The summed E-state index contributed by atoms with van der Waals surface area (Å²) in [5, 5.41) is 3.44. The van der Waals surface area contributed by atoms with Crippen molar-refractivity contribution in [3.8, 4) is 0 Å². The lowest BCUT2D eigenvalue weighted by atomic mass is 10.1. The molecule has 1 aliphatic rings. The number of aliphatic imine (C=N–C) groups is 1. The summed E-state index contributed by atoms with van der Waals surface area (Å²) in [4.78, 5) is 6.72. The van der Waals surface area contributed by atoms with Crippen molar-refractivity contribution in [1.29, 1.82) is 0 Å². The lowest BCUT2D eigenvalue weighted by molar-refractivity contribution is 0.114. The Morgan fingerprint density at radius 2 is 2.39 bits per heavy atom. The number of hydrogen-bond donors (Lipinski definition) is 1. The van der Waals surface area contributed by atoms with Gasteiger partial charge in [-0.2, -0.15) is 11.8 Å². The van der Waals surface area contributed by atoms with Crippen LogP contribution in [0.1, 0.15) is 19.8 Å². The van der Waals surface area contributed by atoms with Crippen molar-refractivity contribution >= 4 is 17.7 Å². The summed E-state index contributed by atoms with van der Waals surface area (Å²) < 4.78 is 5.50. The third-order valence-electron chi connectivity index (χ3n) is 3.16. The number of hydrogen-bond acceptors (Lipinski definition) is 3. The third kappa shape index (κ3) is 5.48. The van der Waals surface area contributed by atoms with E-state index in [4.69, 9.17) is 4.74 Å². The van der Waals surface area contributed by atoms with E-state index in [1.165, 1.54) is 18.6 Å². The van der Waals surface area contributed by atoms with E-state index in [1.54, 1.807) is 0 Å². The molecule has 1 fully saturated rings. The molecule has 4 nitrogen and oxygen atoms in total. The van der Waals surface area contributed by atoms with Gasteiger partial charge in [0.05, 0.1) is 6.61 Å². The van der Waals surface area contributed by atoms with Gasteiger partial charge in [-0.05, 0) is 31.8 Å². The number of thioether (sulfide) groups is 1. The molecule has 0 saturated carbocycles. The van der Waals surface area contributed by atoms with Crippen molar-refractivity contribution < 1.29 is 4.74 Å². The van der Waals surface area contributed by atoms with Gasteiger partial charge in [0.2, 0.25) is 0 Å². The number of ether oxygens (including phenoxy) is 1. The van der Waals surface area contributed by atoms with Gasteiger partial charge in [-0.3, -0.25) is 4.99 Å². The molecule has 1 atom stereocenters. The molecular formula is C13H27N3OS. The molecule has 1 N–H and O–H groups in total. The van der Waals surface area contributed by atoms with E-state index in [0.717, 1.165) is 38.8 Å². The molecule has 1 heterocycles. The first kappa shape index (κ1) is 15.6. The predicted molar refractivity (Wildman–Crippen MR) is 80.5 cm³/mol. The highest BCUT2D eigenvalue weighted by atomic mass is 32.2. The smallest absolute Gasteiger partial charge is 0.193 e. The minimum atomic E-state index is 0.662. The molecule has 0 spiro atoms. The normalized spacial score (nSPS) is 20.5. The van der Waals surface area contributed by atoms with Crippen LogP contribution < -0.4 is 5.32 Å². The molecule has 0 aliphatic carbocycles. The summed E-state index contributed by atoms with van der Waals surface area (Å²) >= 11 is 1.89. The van der Waals surface area contributed by atoms with Crippen LogP contribution in [0.2, 0.25) is 0 Å². The van der Waals surface area contributed by atoms with Gasteiger partial charge in [-0.1, -0.05) is 0 Å². The second-order valence-corrected chi connectivity index (χ2v) is 5.57. The zero-order chi connectivity index (χ0) is 13.2. The molecule has 0 aromatic rings. The van der Waals surface area contributed by atoms with Crippen LogP contribution in [0.15, 0.2) is 4.99 Å². The summed E-state index contributed by atoms with van der Waals surface area (Å²) in [5.74, 6) is 2.92. The highest BCUT2D eigenvalue weighted by Gasteiger charge is 2.24. The molecule has 0 aromatic carbocycles. The molecule has 0 aromatic heterocycles. The van der Waals surface area contributed by atoms with Gasteiger partial charge in [-0.15, -0.1) is 0 Å². The van der Waals surface area contributed by atoms with Gasteiger partial charge in [0, 0.05) is 39.2 Å². The molecule has 1 rings (SSSR count). The van der Waals surface area contributed by atoms with Crippen LogP contribution in [0.5, 0.6) is 0 Å². The Labute approximate surface area is 116 Å².